The maximum Gasteiger partial charge on any atom is 0.136 e. The number of hydrogen-bond donors (Lipinski definition) is 2. The fourth-order valence-corrected chi connectivity index (χ4v) is 2.02. The topological polar surface area (TPSA) is 64.8 Å². The van der Waals surface area contributed by atoms with Crippen LogP contribution in [0.4, 0.5) is 0 Å². The lowest BCUT2D eigenvalue weighted by molar-refractivity contribution is -0.861. The average Bonchev–Trinajstić information content (AvgIpc) is 2.38. The number of hydrogen-bond acceptors (Lipinski definition) is 3. The van der Waals surface area contributed by atoms with Crippen LogP contribution in [-0.2, 0) is 11.2 Å². The summed E-state index contributed by atoms with van der Waals surface area (Å²) in [6.45, 7) is 0.646. The first-order valence-electron chi connectivity index (χ1n) is 5.84. The Morgan fingerprint density at radius 3 is 2.61 bits per heavy atom. The summed E-state index contributed by atoms with van der Waals surface area (Å²) in [5, 5.41) is 20.4. The number of benzene rings is 1. The molecule has 2 atom stereocenters. The van der Waals surface area contributed by atoms with Crippen LogP contribution < -0.4 is 10.0 Å². The first-order valence-corrected chi connectivity index (χ1v) is 5.84. The van der Waals surface area contributed by atoms with E-state index in [0.717, 1.165) is 10.5 Å². The van der Waals surface area contributed by atoms with Gasteiger partial charge in [-0.1, -0.05) is 18.2 Å². The van der Waals surface area contributed by atoms with Gasteiger partial charge < -0.3 is 15.0 Å². The van der Waals surface area contributed by atoms with Crippen molar-refractivity contribution in [2.75, 3.05) is 6.54 Å². The van der Waals surface area contributed by atoms with E-state index in [1.165, 1.54) is 0 Å². The number of rotatable bonds is 4. The molecule has 0 saturated carbocycles. The molecule has 0 radical (unpaired) electrons. The normalized spacial score (nSPS) is 19.7. The molecule has 0 fully saturated rings. The zero-order chi connectivity index (χ0) is 13.0. The van der Waals surface area contributed by atoms with Crippen LogP contribution in [0.5, 0.6) is 5.75 Å². The van der Waals surface area contributed by atoms with Crippen molar-refractivity contribution in [1.82, 2.24) is 0 Å². The second-order valence-corrected chi connectivity index (χ2v) is 4.31. The molecule has 0 aromatic heterocycles. The first kappa shape index (κ1) is 12.4. The predicted octanol–water partition coefficient (Wildman–Crippen LogP) is -0.978. The van der Waals surface area contributed by atoms with Gasteiger partial charge in [0.2, 0.25) is 0 Å². The van der Waals surface area contributed by atoms with Crippen molar-refractivity contribution in [3.63, 3.8) is 0 Å². The van der Waals surface area contributed by atoms with Crippen molar-refractivity contribution in [3.05, 3.63) is 54.3 Å². The van der Waals surface area contributed by atoms with E-state index in [0.29, 0.717) is 13.0 Å². The Bertz CT molecular complexity index is 476. The predicted molar refractivity (Wildman–Crippen MR) is 64.7 cm³/mol. The van der Waals surface area contributed by atoms with E-state index in [9.17, 15) is 15.0 Å². The first-order chi connectivity index (χ1) is 8.66. The van der Waals surface area contributed by atoms with Gasteiger partial charge in [0.15, 0.2) is 0 Å². The summed E-state index contributed by atoms with van der Waals surface area (Å²) in [6.07, 6.45) is 7.89. The molecule has 2 unspecified atom stereocenters. The van der Waals surface area contributed by atoms with Gasteiger partial charge in [-0.3, -0.25) is 4.90 Å². The van der Waals surface area contributed by atoms with E-state index < -0.39 is 12.0 Å². The summed E-state index contributed by atoms with van der Waals surface area (Å²) >= 11 is 0. The standard InChI is InChI=1S/C14H15NO3/c16-12-6-4-11(5-7-12)10-13(14(17)18)15-8-2-1-3-9-15/h1-8,13,16H,9-10H2,(H,17,18). The molecule has 1 aliphatic heterocycles. The van der Waals surface area contributed by atoms with Gasteiger partial charge in [0.05, 0.1) is 12.2 Å². The van der Waals surface area contributed by atoms with Crippen LogP contribution in [0.3, 0.4) is 0 Å². The van der Waals surface area contributed by atoms with E-state index in [-0.39, 0.29) is 5.75 Å². The van der Waals surface area contributed by atoms with E-state index in [1.807, 2.05) is 24.4 Å². The lowest BCUT2D eigenvalue weighted by Gasteiger charge is -2.26. The summed E-state index contributed by atoms with van der Waals surface area (Å²) in [6, 6.07) is 5.96. The van der Waals surface area contributed by atoms with Crippen LogP contribution in [0.2, 0.25) is 0 Å². The lowest BCUT2D eigenvalue weighted by Crippen LogP contribution is -3.13. The second kappa shape index (κ2) is 5.51. The van der Waals surface area contributed by atoms with Crippen molar-refractivity contribution in [3.8, 4) is 5.75 Å². The highest BCUT2D eigenvalue weighted by Gasteiger charge is 2.22. The average molecular weight is 245 g/mol. The van der Waals surface area contributed by atoms with E-state index >= 15 is 0 Å². The molecule has 0 spiro atoms. The van der Waals surface area contributed by atoms with Gasteiger partial charge in [0, 0.05) is 6.42 Å². The van der Waals surface area contributed by atoms with E-state index in [1.54, 1.807) is 24.3 Å². The molecule has 0 amide bonds. The minimum atomic E-state index is -1.06. The van der Waals surface area contributed by atoms with Crippen LogP contribution in [-0.4, -0.2) is 23.7 Å². The summed E-state index contributed by atoms with van der Waals surface area (Å²) in [5.41, 5.74) is 0.873. The highest BCUT2D eigenvalue weighted by Crippen LogP contribution is 2.10. The Morgan fingerprint density at radius 1 is 1.33 bits per heavy atom. The van der Waals surface area contributed by atoms with Crippen LogP contribution in [0, 0.1) is 0 Å². The van der Waals surface area contributed by atoms with E-state index in [4.69, 9.17) is 0 Å². The van der Waals surface area contributed by atoms with Gasteiger partial charge >= 0.3 is 0 Å². The van der Waals surface area contributed by atoms with Gasteiger partial charge in [0.1, 0.15) is 18.3 Å². The summed E-state index contributed by atoms with van der Waals surface area (Å²) in [5.74, 6) is -0.880. The Balaban J connectivity index is 2.11. The Morgan fingerprint density at radius 2 is 2.06 bits per heavy atom. The minimum absolute atomic E-state index is 0.178. The summed E-state index contributed by atoms with van der Waals surface area (Å²) < 4.78 is 0. The maximum atomic E-state index is 11.2. The van der Waals surface area contributed by atoms with Gasteiger partial charge in [-0.15, -0.1) is 0 Å². The third-order valence-corrected chi connectivity index (χ3v) is 3.02. The second-order valence-electron chi connectivity index (χ2n) is 4.31. The number of carboxylic acid groups (broad SMARTS) is 1. The Labute approximate surface area is 105 Å². The van der Waals surface area contributed by atoms with Gasteiger partial charge in [-0.25, -0.2) is 0 Å². The van der Waals surface area contributed by atoms with Crippen LogP contribution in [0.15, 0.2) is 48.7 Å². The number of nitrogens with one attached hydrogen (secondary N) is 1. The molecule has 1 aromatic carbocycles. The molecule has 2 rings (SSSR count). The molecular weight excluding hydrogens is 230 g/mol. The summed E-state index contributed by atoms with van der Waals surface area (Å²) in [7, 11) is 0. The van der Waals surface area contributed by atoms with Crippen LogP contribution in [0.1, 0.15) is 5.56 Å². The smallest absolute Gasteiger partial charge is 0.136 e. The number of phenols is 1. The molecule has 94 valence electrons. The highest BCUT2D eigenvalue weighted by atomic mass is 16.4. The number of quaternary nitrogens is 1. The third-order valence-electron chi connectivity index (χ3n) is 3.02. The molecular formula is C14H15NO3. The van der Waals surface area contributed by atoms with Crippen molar-refractivity contribution < 1.29 is 19.9 Å². The largest absolute Gasteiger partial charge is 0.544 e. The molecule has 2 N–H and O–H groups in total. The van der Waals surface area contributed by atoms with Gasteiger partial charge in [0.25, 0.3) is 0 Å². The zero-order valence-corrected chi connectivity index (χ0v) is 9.87. The Hall–Kier alpha value is -2.07. The SMILES string of the molecule is O=C([O-])C(Cc1ccc(O)cc1)[NH+]1C=CC=CC1. The quantitative estimate of drug-likeness (QED) is 0.717. The van der Waals surface area contributed by atoms with Crippen molar-refractivity contribution in [1.29, 1.82) is 0 Å². The fourth-order valence-electron chi connectivity index (χ4n) is 2.02. The molecule has 1 heterocycles. The summed E-state index contributed by atoms with van der Waals surface area (Å²) in [4.78, 5) is 12.1. The molecule has 4 heteroatoms. The molecule has 1 aliphatic rings. The maximum absolute atomic E-state index is 11.2. The number of carboxylic acids is 1. The number of carbonyl (C=O) groups excluding carboxylic acids is 1. The lowest BCUT2D eigenvalue weighted by atomic mass is 10.0. The molecule has 18 heavy (non-hydrogen) atoms. The number of aromatic hydroxyl groups is 1. The third kappa shape index (κ3) is 2.99. The number of allylic oxidation sites excluding steroid dienone is 2. The number of phenolic OH excluding ortho intramolecular Hbond substituents is 1. The van der Waals surface area contributed by atoms with Gasteiger partial charge in [-0.05, 0) is 29.8 Å². The van der Waals surface area contributed by atoms with Crippen LogP contribution >= 0.6 is 0 Å². The Kier molecular flexibility index (Phi) is 3.79. The molecule has 4 nitrogen and oxygen atoms in total. The highest BCUT2D eigenvalue weighted by molar-refractivity contribution is 5.70. The monoisotopic (exact) mass is 245 g/mol. The van der Waals surface area contributed by atoms with Crippen molar-refractivity contribution >= 4 is 5.97 Å². The van der Waals surface area contributed by atoms with Crippen LogP contribution in [0.25, 0.3) is 0 Å². The minimum Gasteiger partial charge on any atom is -0.544 e. The number of aliphatic carboxylic acids is 1. The number of carbonyl (C=O) groups is 1. The fraction of sp³-hybridized carbons (Fsp3) is 0.214. The van der Waals surface area contributed by atoms with E-state index in [2.05, 4.69) is 0 Å². The van der Waals surface area contributed by atoms with Crippen molar-refractivity contribution in [2.45, 2.75) is 12.5 Å². The molecule has 0 aliphatic carbocycles. The molecule has 1 aromatic rings. The molecule has 0 bridgehead atoms. The van der Waals surface area contributed by atoms with Crippen molar-refractivity contribution in [2.24, 2.45) is 0 Å². The molecule has 0 saturated heterocycles. The van der Waals surface area contributed by atoms with Gasteiger partial charge in [-0.2, -0.15) is 0 Å². The zero-order valence-electron chi connectivity index (χ0n) is 9.87.